The van der Waals surface area contributed by atoms with E-state index in [-0.39, 0.29) is 5.92 Å². The van der Waals surface area contributed by atoms with Crippen molar-refractivity contribution in [2.24, 2.45) is 5.29 Å². The number of aliphatic hydroxyl groups is 4. The molecule has 0 aromatic carbocycles. The van der Waals surface area contributed by atoms with Gasteiger partial charge < -0.3 is 25.2 Å². The van der Waals surface area contributed by atoms with Gasteiger partial charge in [0.25, 0.3) is 6.23 Å². The second kappa shape index (κ2) is 7.08. The van der Waals surface area contributed by atoms with Crippen molar-refractivity contribution in [1.29, 1.82) is 0 Å². The van der Waals surface area contributed by atoms with Gasteiger partial charge in [-0.15, -0.1) is 4.91 Å². The monoisotopic (exact) mass is 340 g/mol. The van der Waals surface area contributed by atoms with E-state index in [4.69, 9.17) is 4.74 Å². The van der Waals surface area contributed by atoms with Crippen LogP contribution in [0.4, 0.5) is 0 Å². The Morgan fingerprint density at radius 2 is 2.08 bits per heavy atom. The molecule has 1 aromatic heterocycles. The quantitative estimate of drug-likeness (QED) is 0.385. The Balaban J connectivity index is 1.81. The minimum atomic E-state index is -1.42. The van der Waals surface area contributed by atoms with Crippen molar-refractivity contribution >= 4 is 0 Å². The zero-order chi connectivity index (χ0) is 17.3. The summed E-state index contributed by atoms with van der Waals surface area (Å²) < 4.78 is 7.16. The summed E-state index contributed by atoms with van der Waals surface area (Å²) in [6.45, 7) is 0.662. The highest BCUT2D eigenvalue weighted by molar-refractivity contribution is 5.14. The van der Waals surface area contributed by atoms with Crippen LogP contribution in [0.25, 0.3) is 0 Å². The third kappa shape index (κ3) is 3.13. The summed E-state index contributed by atoms with van der Waals surface area (Å²) >= 11 is 0. The molecule has 0 saturated carbocycles. The van der Waals surface area contributed by atoms with Crippen LogP contribution in [-0.4, -0.2) is 69.5 Å². The number of nitrogens with zero attached hydrogens (tertiary/aromatic N) is 3. The van der Waals surface area contributed by atoms with E-state index < -0.39 is 37.3 Å². The number of ether oxygens (including phenoxy) is 1. The molecule has 1 aromatic rings. The molecule has 0 bridgehead atoms. The number of aromatic nitrogens is 1. The first-order chi connectivity index (χ1) is 11.5. The van der Waals surface area contributed by atoms with Gasteiger partial charge >= 0.3 is 0 Å². The van der Waals surface area contributed by atoms with Crippen molar-refractivity contribution in [3.8, 4) is 0 Å². The van der Waals surface area contributed by atoms with Crippen LogP contribution in [0.3, 0.4) is 0 Å². The number of nitroso groups, excluding NO2 is 1. The van der Waals surface area contributed by atoms with Gasteiger partial charge in [0, 0.05) is 30.6 Å². The van der Waals surface area contributed by atoms with Crippen LogP contribution in [0, 0.1) is 4.91 Å². The second-order valence-corrected chi connectivity index (χ2v) is 6.28. The van der Waals surface area contributed by atoms with Gasteiger partial charge in [0.2, 0.25) is 0 Å². The lowest BCUT2D eigenvalue weighted by Gasteiger charge is -2.36. The van der Waals surface area contributed by atoms with Gasteiger partial charge in [-0.2, -0.15) is 4.57 Å². The van der Waals surface area contributed by atoms with Gasteiger partial charge in [-0.25, -0.2) is 0 Å². The largest absolute Gasteiger partial charge is 0.394 e. The molecule has 0 unspecified atom stereocenters. The Morgan fingerprint density at radius 3 is 2.75 bits per heavy atom. The molecular formula is C15H22N3O6+. The molecule has 2 aliphatic rings. The molecule has 6 atom stereocenters. The minimum Gasteiger partial charge on any atom is -0.394 e. The third-order valence-electron chi connectivity index (χ3n) is 4.76. The molecule has 0 amide bonds. The SMILES string of the molecule is O=NN1CC[C@@H](c2ccc[n+]([C@@H]3O[C@H](CO)[C@@H](O)[C@H](O)[C@H]3O)c2)C1. The van der Waals surface area contributed by atoms with Crippen molar-refractivity contribution in [2.75, 3.05) is 19.7 Å². The molecule has 0 aliphatic carbocycles. The fourth-order valence-corrected chi connectivity index (χ4v) is 3.33. The normalized spacial score (nSPS) is 36.8. The first-order valence-corrected chi connectivity index (χ1v) is 7.94. The molecule has 2 saturated heterocycles. The van der Waals surface area contributed by atoms with Crippen LogP contribution in [-0.2, 0) is 4.74 Å². The Bertz CT molecular complexity index is 586. The van der Waals surface area contributed by atoms with E-state index in [1.54, 1.807) is 23.0 Å². The summed E-state index contributed by atoms with van der Waals surface area (Å²) in [5.74, 6) is 0.139. The number of pyridine rings is 1. The van der Waals surface area contributed by atoms with Crippen molar-refractivity contribution < 1.29 is 29.7 Å². The number of hydrogen-bond acceptors (Lipinski definition) is 7. The fraction of sp³-hybridized carbons (Fsp3) is 0.667. The zero-order valence-electron chi connectivity index (χ0n) is 13.0. The maximum absolute atomic E-state index is 10.6. The number of hydrogen-bond donors (Lipinski definition) is 4. The number of aliphatic hydroxyl groups excluding tert-OH is 4. The predicted molar refractivity (Wildman–Crippen MR) is 80.4 cm³/mol. The van der Waals surface area contributed by atoms with E-state index >= 15 is 0 Å². The second-order valence-electron chi connectivity index (χ2n) is 6.28. The summed E-state index contributed by atoms with van der Waals surface area (Å²) in [5.41, 5.74) is 0.959. The molecule has 0 radical (unpaired) electrons. The predicted octanol–water partition coefficient (Wildman–Crippen LogP) is -1.58. The molecule has 24 heavy (non-hydrogen) atoms. The molecule has 4 N–H and O–H groups in total. The Morgan fingerprint density at radius 1 is 1.29 bits per heavy atom. The van der Waals surface area contributed by atoms with E-state index in [1.165, 1.54) is 5.01 Å². The van der Waals surface area contributed by atoms with E-state index in [0.29, 0.717) is 13.1 Å². The summed E-state index contributed by atoms with van der Waals surface area (Å²) in [6.07, 6.45) is -1.75. The summed E-state index contributed by atoms with van der Waals surface area (Å²) in [6, 6.07) is 3.70. The van der Waals surface area contributed by atoms with Gasteiger partial charge in [-0.05, 0) is 12.5 Å². The summed E-state index contributed by atoms with van der Waals surface area (Å²) in [7, 11) is 0. The van der Waals surface area contributed by atoms with Crippen LogP contribution < -0.4 is 4.57 Å². The molecule has 3 rings (SSSR count). The van der Waals surface area contributed by atoms with Crippen LogP contribution in [0.2, 0.25) is 0 Å². The molecule has 2 aliphatic heterocycles. The third-order valence-corrected chi connectivity index (χ3v) is 4.76. The zero-order valence-corrected chi connectivity index (χ0v) is 13.0. The van der Waals surface area contributed by atoms with Crippen molar-refractivity contribution in [3.05, 3.63) is 35.0 Å². The van der Waals surface area contributed by atoms with E-state index in [1.807, 2.05) is 6.07 Å². The Hall–Kier alpha value is -1.65. The highest BCUT2D eigenvalue weighted by Gasteiger charge is 2.48. The lowest BCUT2D eigenvalue weighted by Crippen LogP contribution is -2.62. The first-order valence-electron chi connectivity index (χ1n) is 7.94. The Kier molecular flexibility index (Phi) is 5.07. The fourth-order valence-electron chi connectivity index (χ4n) is 3.33. The van der Waals surface area contributed by atoms with Crippen molar-refractivity contribution in [1.82, 2.24) is 5.01 Å². The molecule has 0 spiro atoms. The molecular weight excluding hydrogens is 318 g/mol. The van der Waals surface area contributed by atoms with E-state index in [0.717, 1.165) is 12.0 Å². The standard InChI is InChI=1S/C15H22N3O6/c19-8-11-12(20)13(21)14(22)15(24-11)17-4-1-2-9(6-17)10-3-5-18(7-10)16-23/h1-2,4,6,10-15,19-22H,3,5,7-8H2/q+1/t10-,11-,12-,13+,14-,15-/m1/s1. The van der Waals surface area contributed by atoms with Crippen LogP contribution in [0.5, 0.6) is 0 Å². The van der Waals surface area contributed by atoms with Gasteiger partial charge in [-0.1, -0.05) is 0 Å². The van der Waals surface area contributed by atoms with Gasteiger partial charge in [0.05, 0.1) is 11.9 Å². The van der Waals surface area contributed by atoms with Crippen LogP contribution in [0.15, 0.2) is 29.8 Å². The molecule has 3 heterocycles. The summed E-state index contributed by atoms with van der Waals surface area (Å²) in [4.78, 5) is 10.6. The molecule has 2 fully saturated rings. The topological polar surface area (TPSA) is 127 Å². The van der Waals surface area contributed by atoms with E-state index in [9.17, 15) is 25.3 Å². The van der Waals surface area contributed by atoms with Crippen LogP contribution in [0.1, 0.15) is 24.1 Å². The average molecular weight is 340 g/mol. The molecule has 9 nitrogen and oxygen atoms in total. The summed E-state index contributed by atoms with van der Waals surface area (Å²) in [5, 5.41) is 43.7. The smallest absolute Gasteiger partial charge is 0.292 e. The number of rotatable bonds is 4. The van der Waals surface area contributed by atoms with Gasteiger partial charge in [-0.3, -0.25) is 5.01 Å². The lowest BCUT2D eigenvalue weighted by atomic mass is 9.97. The van der Waals surface area contributed by atoms with Crippen molar-refractivity contribution in [2.45, 2.75) is 43.0 Å². The van der Waals surface area contributed by atoms with Crippen molar-refractivity contribution in [3.63, 3.8) is 0 Å². The van der Waals surface area contributed by atoms with E-state index in [2.05, 4.69) is 5.29 Å². The molecule has 132 valence electrons. The first kappa shape index (κ1) is 17.2. The van der Waals surface area contributed by atoms with Gasteiger partial charge in [0.1, 0.15) is 18.3 Å². The highest BCUT2D eigenvalue weighted by Crippen LogP contribution is 2.28. The Labute approximate surface area is 138 Å². The minimum absolute atomic E-state index is 0.139. The molecule has 9 heteroatoms. The van der Waals surface area contributed by atoms with Crippen LogP contribution >= 0.6 is 0 Å². The maximum Gasteiger partial charge on any atom is 0.292 e. The highest BCUT2D eigenvalue weighted by atomic mass is 16.6. The lowest BCUT2D eigenvalue weighted by molar-refractivity contribution is -0.778. The van der Waals surface area contributed by atoms with Gasteiger partial charge in [0.15, 0.2) is 18.5 Å². The average Bonchev–Trinajstić information content (AvgIpc) is 3.09. The maximum atomic E-state index is 10.6.